The van der Waals surface area contributed by atoms with Crippen molar-refractivity contribution in [1.82, 2.24) is 10.2 Å². The molecule has 0 saturated carbocycles. The van der Waals surface area contributed by atoms with Crippen molar-refractivity contribution in [3.05, 3.63) is 64.4 Å². The molecule has 0 aliphatic carbocycles. The average Bonchev–Trinajstić information content (AvgIpc) is 2.81. The number of amides is 4. The van der Waals surface area contributed by atoms with Gasteiger partial charge in [0.05, 0.1) is 0 Å². The van der Waals surface area contributed by atoms with Gasteiger partial charge in [-0.1, -0.05) is 28.1 Å². The average molecular weight is 420 g/mol. The van der Waals surface area contributed by atoms with Crippen LogP contribution in [0.5, 0.6) is 0 Å². The molecule has 26 heavy (non-hydrogen) atoms. The third-order valence-corrected chi connectivity index (χ3v) is 4.60. The molecule has 1 heterocycles. The number of hydrogen-bond acceptors (Lipinski definition) is 3. The van der Waals surface area contributed by atoms with E-state index in [9.17, 15) is 18.8 Å². The molecule has 8 heteroatoms. The summed E-state index contributed by atoms with van der Waals surface area (Å²) in [7, 11) is 0. The third kappa shape index (κ3) is 3.45. The molecule has 6 nitrogen and oxygen atoms in total. The van der Waals surface area contributed by atoms with Gasteiger partial charge in [-0.05, 0) is 48.9 Å². The molecule has 1 aliphatic heterocycles. The number of rotatable bonds is 4. The minimum absolute atomic E-state index is 0.373. The molecule has 1 atom stereocenters. The molecule has 0 bridgehead atoms. The van der Waals surface area contributed by atoms with Crippen molar-refractivity contribution in [2.75, 3.05) is 11.9 Å². The molecule has 0 radical (unpaired) electrons. The van der Waals surface area contributed by atoms with E-state index in [1.165, 1.54) is 24.3 Å². The monoisotopic (exact) mass is 419 g/mol. The molecule has 1 fully saturated rings. The van der Waals surface area contributed by atoms with Gasteiger partial charge in [-0.2, -0.15) is 0 Å². The molecular weight excluding hydrogens is 405 g/mol. The quantitative estimate of drug-likeness (QED) is 0.747. The summed E-state index contributed by atoms with van der Waals surface area (Å²) in [6.07, 6.45) is 0. The van der Waals surface area contributed by atoms with Crippen molar-refractivity contribution in [3.63, 3.8) is 0 Å². The highest BCUT2D eigenvalue weighted by Gasteiger charge is 2.49. The van der Waals surface area contributed by atoms with E-state index in [4.69, 9.17) is 0 Å². The van der Waals surface area contributed by atoms with E-state index in [0.29, 0.717) is 11.3 Å². The molecule has 2 aromatic rings. The van der Waals surface area contributed by atoms with Crippen LogP contribution in [0.1, 0.15) is 12.5 Å². The summed E-state index contributed by atoms with van der Waals surface area (Å²) in [5.41, 5.74) is -0.276. The minimum Gasteiger partial charge on any atom is -0.325 e. The molecule has 0 spiro atoms. The zero-order chi connectivity index (χ0) is 18.9. The van der Waals surface area contributed by atoms with Crippen LogP contribution >= 0.6 is 15.9 Å². The molecule has 3 rings (SSSR count). The van der Waals surface area contributed by atoms with E-state index >= 15 is 0 Å². The summed E-state index contributed by atoms with van der Waals surface area (Å²) in [5, 5.41) is 5.16. The van der Waals surface area contributed by atoms with Crippen molar-refractivity contribution >= 4 is 39.5 Å². The molecule has 0 unspecified atom stereocenters. The first-order valence-corrected chi connectivity index (χ1v) is 8.54. The fourth-order valence-electron chi connectivity index (χ4n) is 2.71. The highest BCUT2D eigenvalue weighted by atomic mass is 79.9. The van der Waals surface area contributed by atoms with Crippen LogP contribution in [0, 0.1) is 5.82 Å². The van der Waals surface area contributed by atoms with Crippen molar-refractivity contribution < 1.29 is 18.8 Å². The molecule has 0 aromatic heterocycles. The summed E-state index contributed by atoms with van der Waals surface area (Å²) < 4.78 is 13.7. The predicted molar refractivity (Wildman–Crippen MR) is 96.8 cm³/mol. The van der Waals surface area contributed by atoms with Gasteiger partial charge in [0.2, 0.25) is 5.91 Å². The molecule has 2 N–H and O–H groups in total. The number of urea groups is 1. The van der Waals surface area contributed by atoms with E-state index in [1.807, 2.05) is 6.07 Å². The Bertz CT molecular complexity index is 888. The SMILES string of the molecule is C[C@@]1(c2cccc(Br)c2)NC(=O)N(CC(=O)Nc2ccc(F)cc2)C1=O. The van der Waals surface area contributed by atoms with Gasteiger partial charge in [0.1, 0.15) is 17.9 Å². The zero-order valence-electron chi connectivity index (χ0n) is 13.8. The number of halogens is 2. The second-order valence-corrected chi connectivity index (χ2v) is 6.93. The number of carbonyl (C=O) groups is 3. The Balaban J connectivity index is 1.74. The zero-order valence-corrected chi connectivity index (χ0v) is 15.3. The van der Waals surface area contributed by atoms with Crippen molar-refractivity contribution in [3.8, 4) is 0 Å². The Labute approximate surface area is 157 Å². The first-order valence-electron chi connectivity index (χ1n) is 7.75. The van der Waals surface area contributed by atoms with Crippen LogP contribution in [-0.4, -0.2) is 29.3 Å². The largest absolute Gasteiger partial charge is 0.325 e. The maximum absolute atomic E-state index is 12.9. The van der Waals surface area contributed by atoms with Crippen LogP contribution in [0.15, 0.2) is 53.0 Å². The fraction of sp³-hybridized carbons (Fsp3) is 0.167. The standard InChI is InChI=1S/C18H15BrFN3O3/c1-18(11-3-2-4-12(19)9-11)16(25)23(17(26)22-18)10-15(24)21-14-7-5-13(20)6-8-14/h2-9H,10H2,1H3,(H,21,24)(H,22,26)/t18-/m0/s1. The summed E-state index contributed by atoms with van der Waals surface area (Å²) in [6.45, 7) is 1.15. The lowest BCUT2D eigenvalue weighted by atomic mass is 9.92. The van der Waals surface area contributed by atoms with Crippen LogP contribution in [0.25, 0.3) is 0 Å². The lowest BCUT2D eigenvalue weighted by Gasteiger charge is -2.22. The number of imide groups is 1. The predicted octanol–water partition coefficient (Wildman–Crippen LogP) is 2.99. The lowest BCUT2D eigenvalue weighted by Crippen LogP contribution is -2.42. The summed E-state index contributed by atoms with van der Waals surface area (Å²) in [4.78, 5) is 38.0. The molecular formula is C18H15BrFN3O3. The number of nitrogens with one attached hydrogen (secondary N) is 2. The van der Waals surface area contributed by atoms with E-state index in [2.05, 4.69) is 26.6 Å². The second kappa shape index (κ2) is 6.87. The number of hydrogen-bond donors (Lipinski definition) is 2. The normalized spacial score (nSPS) is 19.4. The van der Waals surface area contributed by atoms with E-state index < -0.39 is 35.7 Å². The highest BCUT2D eigenvalue weighted by Crippen LogP contribution is 2.30. The maximum Gasteiger partial charge on any atom is 0.325 e. The Morgan fingerprint density at radius 1 is 1.23 bits per heavy atom. The van der Waals surface area contributed by atoms with E-state index in [1.54, 1.807) is 25.1 Å². The van der Waals surface area contributed by atoms with Crippen LogP contribution in [0.4, 0.5) is 14.9 Å². The number of benzene rings is 2. The maximum atomic E-state index is 12.9. The topological polar surface area (TPSA) is 78.5 Å². The third-order valence-electron chi connectivity index (χ3n) is 4.11. The summed E-state index contributed by atoms with van der Waals surface area (Å²) in [5.74, 6) is -1.50. The first-order chi connectivity index (χ1) is 12.3. The van der Waals surface area contributed by atoms with Gasteiger partial charge in [-0.3, -0.25) is 14.5 Å². The van der Waals surface area contributed by atoms with Crippen LogP contribution in [0.3, 0.4) is 0 Å². The molecule has 1 aliphatic rings. The van der Waals surface area contributed by atoms with E-state index in [-0.39, 0.29) is 0 Å². The number of anilines is 1. The molecule has 2 aromatic carbocycles. The van der Waals surface area contributed by atoms with Crippen LogP contribution in [0.2, 0.25) is 0 Å². The van der Waals surface area contributed by atoms with Crippen molar-refractivity contribution in [1.29, 1.82) is 0 Å². The number of carbonyl (C=O) groups excluding carboxylic acids is 3. The van der Waals surface area contributed by atoms with Gasteiger partial charge >= 0.3 is 6.03 Å². The summed E-state index contributed by atoms with van der Waals surface area (Å²) in [6, 6.07) is 11.6. The first kappa shape index (κ1) is 18.1. The number of nitrogens with zero attached hydrogens (tertiary/aromatic N) is 1. The smallest absolute Gasteiger partial charge is 0.325 e. The molecule has 1 saturated heterocycles. The van der Waals surface area contributed by atoms with Gasteiger partial charge in [-0.15, -0.1) is 0 Å². The second-order valence-electron chi connectivity index (χ2n) is 6.01. The molecule has 4 amide bonds. The fourth-order valence-corrected chi connectivity index (χ4v) is 3.11. The Hall–Kier alpha value is -2.74. The van der Waals surface area contributed by atoms with Gasteiger partial charge in [0.25, 0.3) is 5.91 Å². The van der Waals surface area contributed by atoms with Crippen molar-refractivity contribution in [2.45, 2.75) is 12.5 Å². The van der Waals surface area contributed by atoms with Gasteiger partial charge in [-0.25, -0.2) is 9.18 Å². The van der Waals surface area contributed by atoms with Gasteiger partial charge in [0, 0.05) is 10.2 Å². The lowest BCUT2D eigenvalue weighted by molar-refractivity contribution is -0.133. The van der Waals surface area contributed by atoms with Gasteiger partial charge < -0.3 is 10.6 Å². The van der Waals surface area contributed by atoms with Crippen LogP contribution in [-0.2, 0) is 15.1 Å². The Morgan fingerprint density at radius 2 is 1.92 bits per heavy atom. The minimum atomic E-state index is -1.25. The Morgan fingerprint density at radius 3 is 2.58 bits per heavy atom. The summed E-state index contributed by atoms with van der Waals surface area (Å²) >= 11 is 3.34. The highest BCUT2D eigenvalue weighted by molar-refractivity contribution is 9.10. The van der Waals surface area contributed by atoms with Gasteiger partial charge in [0.15, 0.2) is 0 Å². The van der Waals surface area contributed by atoms with Crippen molar-refractivity contribution in [2.24, 2.45) is 0 Å². The van der Waals surface area contributed by atoms with Crippen LogP contribution < -0.4 is 10.6 Å². The van der Waals surface area contributed by atoms with E-state index in [0.717, 1.165) is 9.37 Å². The Kier molecular flexibility index (Phi) is 4.78. The molecule has 134 valence electrons.